The van der Waals surface area contributed by atoms with Gasteiger partial charge in [0, 0.05) is 12.1 Å². The smallest absolute Gasteiger partial charge is 0.283 e. The SMILES string of the molecule is C=CCNS(=O)(=O)c1ccc(C(=O)NNC(=O)C2COc3ccccc3O2)cc1. The molecule has 1 atom stereocenters. The summed E-state index contributed by atoms with van der Waals surface area (Å²) < 4.78 is 37.3. The van der Waals surface area contributed by atoms with Gasteiger partial charge < -0.3 is 9.47 Å². The highest BCUT2D eigenvalue weighted by atomic mass is 32.2. The van der Waals surface area contributed by atoms with Crippen molar-refractivity contribution >= 4 is 21.8 Å². The van der Waals surface area contributed by atoms with E-state index in [-0.39, 0.29) is 23.6 Å². The predicted molar refractivity (Wildman–Crippen MR) is 104 cm³/mol. The van der Waals surface area contributed by atoms with Gasteiger partial charge in [-0.25, -0.2) is 13.1 Å². The molecular formula is C19H19N3O6S. The van der Waals surface area contributed by atoms with Crippen molar-refractivity contribution in [1.82, 2.24) is 15.6 Å². The summed E-state index contributed by atoms with van der Waals surface area (Å²) in [5, 5.41) is 0. The quantitative estimate of drug-likeness (QED) is 0.471. The molecule has 1 aliphatic rings. The molecule has 1 heterocycles. The minimum Gasteiger partial charge on any atom is -0.485 e. The molecule has 2 aromatic carbocycles. The Morgan fingerprint density at radius 3 is 2.45 bits per heavy atom. The predicted octanol–water partition coefficient (Wildman–Crippen LogP) is 0.752. The van der Waals surface area contributed by atoms with Crippen molar-refractivity contribution in [3.63, 3.8) is 0 Å². The molecule has 0 bridgehead atoms. The molecule has 152 valence electrons. The lowest BCUT2D eigenvalue weighted by Crippen LogP contribution is -2.50. The summed E-state index contributed by atoms with van der Waals surface area (Å²) in [6.45, 7) is 3.54. The maximum absolute atomic E-state index is 12.2. The molecule has 0 fully saturated rings. The van der Waals surface area contributed by atoms with E-state index in [9.17, 15) is 18.0 Å². The molecule has 10 heteroatoms. The second-order valence-electron chi connectivity index (χ2n) is 5.97. The Bertz CT molecular complexity index is 1020. The second kappa shape index (κ2) is 8.76. The minimum absolute atomic E-state index is 0.00296. The Labute approximate surface area is 167 Å². The molecule has 9 nitrogen and oxygen atoms in total. The standard InChI is InChI=1S/C19H19N3O6S/c1-2-11-20-29(25,26)14-9-7-13(8-10-14)18(23)21-22-19(24)17-12-27-15-5-3-4-6-16(15)28-17/h2-10,17,20H,1,11-12H2,(H,21,23)(H,22,24). The van der Waals surface area contributed by atoms with Crippen LogP contribution in [0.25, 0.3) is 0 Å². The summed E-state index contributed by atoms with van der Waals surface area (Å²) in [4.78, 5) is 24.4. The van der Waals surface area contributed by atoms with Gasteiger partial charge in [-0.05, 0) is 36.4 Å². The van der Waals surface area contributed by atoms with Gasteiger partial charge in [-0.15, -0.1) is 6.58 Å². The maximum Gasteiger partial charge on any atom is 0.283 e. The van der Waals surface area contributed by atoms with Gasteiger partial charge in [0.15, 0.2) is 11.5 Å². The Morgan fingerprint density at radius 1 is 1.07 bits per heavy atom. The van der Waals surface area contributed by atoms with Crippen molar-refractivity contribution in [2.45, 2.75) is 11.0 Å². The molecule has 3 rings (SSSR count). The Hall–Kier alpha value is -3.37. The Morgan fingerprint density at radius 2 is 1.76 bits per heavy atom. The number of amides is 2. The number of ether oxygens (including phenoxy) is 2. The first-order valence-corrected chi connectivity index (χ1v) is 10.1. The number of para-hydroxylation sites is 2. The molecule has 2 amide bonds. The van der Waals surface area contributed by atoms with E-state index in [1.54, 1.807) is 24.3 Å². The number of fused-ring (bicyclic) bond motifs is 1. The van der Waals surface area contributed by atoms with Crippen molar-refractivity contribution in [2.24, 2.45) is 0 Å². The molecule has 0 spiro atoms. The van der Waals surface area contributed by atoms with Gasteiger partial charge in [-0.2, -0.15) is 0 Å². The topological polar surface area (TPSA) is 123 Å². The van der Waals surface area contributed by atoms with Gasteiger partial charge in [-0.3, -0.25) is 20.4 Å². The van der Waals surface area contributed by atoms with Gasteiger partial charge in [0.05, 0.1) is 4.90 Å². The molecule has 29 heavy (non-hydrogen) atoms. The number of carbonyl (C=O) groups excluding carboxylic acids is 2. The number of carbonyl (C=O) groups is 2. The molecule has 0 saturated heterocycles. The molecule has 0 saturated carbocycles. The van der Waals surface area contributed by atoms with E-state index >= 15 is 0 Å². The van der Waals surface area contributed by atoms with E-state index in [1.165, 1.54) is 30.3 Å². The van der Waals surface area contributed by atoms with Crippen LogP contribution in [0.3, 0.4) is 0 Å². The van der Waals surface area contributed by atoms with Gasteiger partial charge in [0.1, 0.15) is 6.61 Å². The third-order valence-corrected chi connectivity index (χ3v) is 5.38. The van der Waals surface area contributed by atoms with Crippen molar-refractivity contribution in [3.8, 4) is 11.5 Å². The molecular weight excluding hydrogens is 398 g/mol. The van der Waals surface area contributed by atoms with Crippen molar-refractivity contribution in [2.75, 3.05) is 13.2 Å². The fraction of sp³-hybridized carbons (Fsp3) is 0.158. The van der Waals surface area contributed by atoms with Crippen LogP contribution in [0.15, 0.2) is 66.1 Å². The minimum atomic E-state index is -3.68. The highest BCUT2D eigenvalue weighted by molar-refractivity contribution is 7.89. The van der Waals surface area contributed by atoms with Crippen molar-refractivity contribution < 1.29 is 27.5 Å². The van der Waals surface area contributed by atoms with Crippen LogP contribution in [0.5, 0.6) is 11.5 Å². The van der Waals surface area contributed by atoms with Crippen LogP contribution in [0.2, 0.25) is 0 Å². The Balaban J connectivity index is 1.55. The number of hydrogen-bond acceptors (Lipinski definition) is 6. The zero-order valence-corrected chi connectivity index (χ0v) is 16.1. The van der Waals surface area contributed by atoms with E-state index in [0.717, 1.165) is 0 Å². The zero-order chi connectivity index (χ0) is 20.9. The first-order chi connectivity index (χ1) is 13.9. The molecule has 1 unspecified atom stereocenters. The second-order valence-corrected chi connectivity index (χ2v) is 7.74. The molecule has 2 aromatic rings. The summed E-state index contributed by atoms with van der Waals surface area (Å²) in [5.74, 6) is -0.218. The fourth-order valence-electron chi connectivity index (χ4n) is 2.46. The number of hydrazine groups is 1. The number of benzene rings is 2. The van der Waals surface area contributed by atoms with E-state index in [1.807, 2.05) is 0 Å². The normalized spacial score (nSPS) is 15.2. The van der Waals surface area contributed by atoms with Crippen molar-refractivity contribution in [1.29, 1.82) is 0 Å². The number of nitrogens with one attached hydrogen (secondary N) is 3. The third-order valence-electron chi connectivity index (χ3n) is 3.94. The van der Waals surface area contributed by atoms with Crippen LogP contribution < -0.4 is 25.0 Å². The average Bonchev–Trinajstić information content (AvgIpc) is 2.75. The summed E-state index contributed by atoms with van der Waals surface area (Å²) >= 11 is 0. The van der Waals surface area contributed by atoms with Crippen molar-refractivity contribution in [3.05, 3.63) is 66.7 Å². The van der Waals surface area contributed by atoms with Gasteiger partial charge in [-0.1, -0.05) is 18.2 Å². The van der Waals surface area contributed by atoms with E-state index < -0.39 is 27.9 Å². The molecule has 1 aliphatic heterocycles. The van der Waals surface area contributed by atoms with E-state index in [4.69, 9.17) is 9.47 Å². The maximum atomic E-state index is 12.2. The van der Waals surface area contributed by atoms with Crippen LogP contribution >= 0.6 is 0 Å². The largest absolute Gasteiger partial charge is 0.485 e. The van der Waals surface area contributed by atoms with Crippen LogP contribution in [-0.2, 0) is 14.8 Å². The Kier molecular flexibility index (Phi) is 6.15. The highest BCUT2D eigenvalue weighted by Gasteiger charge is 2.27. The summed E-state index contributed by atoms with van der Waals surface area (Å²) in [5.41, 5.74) is 4.70. The lowest BCUT2D eigenvalue weighted by atomic mass is 10.2. The third kappa shape index (κ3) is 4.92. The molecule has 0 aliphatic carbocycles. The molecule has 3 N–H and O–H groups in total. The summed E-state index contributed by atoms with van der Waals surface area (Å²) in [7, 11) is -3.68. The van der Waals surface area contributed by atoms with Crippen LogP contribution in [0.4, 0.5) is 0 Å². The van der Waals surface area contributed by atoms with Gasteiger partial charge in [0.25, 0.3) is 11.8 Å². The van der Waals surface area contributed by atoms with Crippen LogP contribution in [0.1, 0.15) is 10.4 Å². The number of hydrogen-bond donors (Lipinski definition) is 3. The van der Waals surface area contributed by atoms with Crippen LogP contribution in [-0.4, -0.2) is 39.5 Å². The number of sulfonamides is 1. The molecule has 0 radical (unpaired) electrons. The lowest BCUT2D eigenvalue weighted by molar-refractivity contribution is -0.131. The first kappa shape index (κ1) is 20.4. The fourth-order valence-corrected chi connectivity index (χ4v) is 3.46. The van der Waals surface area contributed by atoms with E-state index in [2.05, 4.69) is 22.2 Å². The zero-order valence-electron chi connectivity index (χ0n) is 15.3. The average molecular weight is 417 g/mol. The monoisotopic (exact) mass is 417 g/mol. The van der Waals surface area contributed by atoms with E-state index in [0.29, 0.717) is 11.5 Å². The number of rotatable bonds is 6. The first-order valence-electron chi connectivity index (χ1n) is 8.60. The van der Waals surface area contributed by atoms with Gasteiger partial charge in [0.2, 0.25) is 16.1 Å². The summed E-state index contributed by atoms with van der Waals surface area (Å²) in [6, 6.07) is 12.2. The van der Waals surface area contributed by atoms with Crippen LogP contribution in [0, 0.1) is 0 Å². The highest BCUT2D eigenvalue weighted by Crippen LogP contribution is 2.30. The van der Waals surface area contributed by atoms with Gasteiger partial charge >= 0.3 is 0 Å². The molecule has 0 aromatic heterocycles. The lowest BCUT2D eigenvalue weighted by Gasteiger charge is -2.25. The summed E-state index contributed by atoms with van der Waals surface area (Å²) in [6.07, 6.45) is 0.496.